The summed E-state index contributed by atoms with van der Waals surface area (Å²) in [6, 6.07) is 0. The molecule has 0 heterocycles. The lowest BCUT2D eigenvalue weighted by Gasteiger charge is -1.76. The van der Waals surface area contributed by atoms with E-state index in [1.54, 1.807) is 13.0 Å². The van der Waals surface area contributed by atoms with E-state index >= 15 is 0 Å². The number of halogens is 1. The largest absolute Gasteiger partial charge is 0.246 e. The van der Waals surface area contributed by atoms with Crippen molar-refractivity contribution in [3.63, 3.8) is 0 Å². The van der Waals surface area contributed by atoms with Gasteiger partial charge in [-0.3, -0.25) is 0 Å². The van der Waals surface area contributed by atoms with Crippen LogP contribution >= 0.6 is 0 Å². The Morgan fingerprint density at radius 1 is 1.60 bits per heavy atom. The summed E-state index contributed by atoms with van der Waals surface area (Å²) in [7, 11) is 0. The first-order chi connectivity index (χ1) is 4.68. The summed E-state index contributed by atoms with van der Waals surface area (Å²) in [4.78, 5) is 0. The van der Waals surface area contributed by atoms with Gasteiger partial charge in [-0.05, 0) is 19.4 Å². The first-order valence-corrected chi connectivity index (χ1v) is 2.79. The minimum atomic E-state index is -0.389. The van der Waals surface area contributed by atoms with Crippen LogP contribution in [0.5, 0.6) is 0 Å². The van der Waals surface area contributed by atoms with E-state index in [0.717, 1.165) is 0 Å². The van der Waals surface area contributed by atoms with Crippen molar-refractivity contribution >= 4 is 0 Å². The quantitative estimate of drug-likeness (QED) is 0.390. The zero-order valence-corrected chi connectivity index (χ0v) is 6.73. The van der Waals surface area contributed by atoms with Crippen LogP contribution in [-0.2, 0) is 0 Å². The summed E-state index contributed by atoms with van der Waals surface area (Å²) in [5.41, 5.74) is 0.588. The van der Waals surface area contributed by atoms with E-state index in [0.29, 0.717) is 5.57 Å². The highest BCUT2D eigenvalue weighted by atomic mass is 19.1. The molecule has 0 bridgehead atoms. The zero-order valence-electron chi connectivity index (χ0n) is 6.73. The maximum Gasteiger partial charge on any atom is 0.110 e. The van der Waals surface area contributed by atoms with E-state index in [1.165, 1.54) is 0 Å². The summed E-state index contributed by atoms with van der Waals surface area (Å²) in [5, 5.41) is 0. The van der Waals surface area contributed by atoms with Gasteiger partial charge >= 0.3 is 0 Å². The Bertz CT molecular complexity index is 90.1. The Kier molecular flexibility index (Phi) is 39.3. The van der Waals surface area contributed by atoms with Gasteiger partial charge in [-0.2, -0.15) is 0 Å². The second-order valence-electron chi connectivity index (χ2n) is 1.50. The summed E-state index contributed by atoms with van der Waals surface area (Å²) in [5.74, 6) is 0. The van der Waals surface area contributed by atoms with Crippen LogP contribution in [0.3, 0.4) is 0 Å². The fraction of sp³-hybridized carbons (Fsp3) is 0.333. The predicted octanol–water partition coefficient (Wildman–Crippen LogP) is 2.97. The van der Waals surface area contributed by atoms with Gasteiger partial charge in [0.2, 0.25) is 0 Å². The molecule has 0 nitrogen and oxygen atoms in total. The van der Waals surface area contributed by atoms with Gasteiger partial charge in [0.05, 0.1) is 0 Å². The van der Waals surface area contributed by atoms with E-state index in [1.807, 2.05) is 6.92 Å². The Labute approximate surface area is 63.5 Å². The average Bonchev–Trinajstić information content (AvgIpc) is 1.94. The van der Waals surface area contributed by atoms with Crippen LogP contribution in [0.2, 0.25) is 0 Å². The molecule has 0 atom stereocenters. The second kappa shape index (κ2) is 24.6. The minimum Gasteiger partial charge on any atom is -0.246 e. The first kappa shape index (κ1) is 16.0. The highest BCUT2D eigenvalue weighted by Gasteiger charge is 1.71. The van der Waals surface area contributed by atoms with Gasteiger partial charge in [0, 0.05) is 0 Å². The van der Waals surface area contributed by atoms with E-state index in [4.69, 9.17) is 0 Å². The van der Waals surface area contributed by atoms with Crippen LogP contribution in [0.15, 0.2) is 24.8 Å². The molecule has 0 fully saturated rings. The molecule has 0 amide bonds. The molecule has 0 unspecified atom stereocenters. The minimum absolute atomic E-state index is 0.389. The van der Waals surface area contributed by atoms with Gasteiger partial charge in [-0.15, -0.1) is 19.4 Å². The molecule has 0 saturated carbocycles. The third-order valence-corrected chi connectivity index (χ3v) is 0.228. The maximum absolute atomic E-state index is 11.0. The van der Waals surface area contributed by atoms with Crippen molar-refractivity contribution in [2.45, 2.75) is 13.8 Å². The molecule has 0 aliphatic heterocycles. The average molecular weight is 142 g/mol. The Morgan fingerprint density at radius 3 is 1.70 bits per heavy atom. The van der Waals surface area contributed by atoms with Crippen LogP contribution in [0.4, 0.5) is 4.39 Å². The molecule has 0 spiro atoms. The molecular weight excluding hydrogens is 127 g/mol. The molecule has 0 aromatic rings. The normalized spacial score (nSPS) is 5.30. The Balaban J connectivity index is -0.0000000847. The van der Waals surface area contributed by atoms with Gasteiger partial charge in [0.1, 0.15) is 6.67 Å². The molecule has 0 rings (SSSR count). The molecule has 0 aliphatic rings. The van der Waals surface area contributed by atoms with Crippen molar-refractivity contribution in [2.24, 2.45) is 0 Å². The van der Waals surface area contributed by atoms with Crippen LogP contribution in [0.1, 0.15) is 13.8 Å². The smallest absolute Gasteiger partial charge is 0.110 e. The number of allylic oxidation sites excluding steroid dienone is 2. The van der Waals surface area contributed by atoms with E-state index in [-0.39, 0.29) is 6.67 Å². The second-order valence-corrected chi connectivity index (χ2v) is 1.50. The number of rotatable bonds is 1. The van der Waals surface area contributed by atoms with Crippen LogP contribution in [0.25, 0.3) is 0 Å². The SMILES string of the molecule is C#C.C=C(C)CF.C=CC. The van der Waals surface area contributed by atoms with Crippen molar-refractivity contribution < 1.29 is 4.39 Å². The number of terminal acetylenes is 1. The lowest BCUT2D eigenvalue weighted by Crippen LogP contribution is -1.67. The molecule has 0 saturated heterocycles. The highest BCUT2D eigenvalue weighted by Crippen LogP contribution is 1.82. The third-order valence-electron chi connectivity index (χ3n) is 0.228. The first-order valence-electron chi connectivity index (χ1n) is 2.79. The van der Waals surface area contributed by atoms with Gasteiger partial charge in [0.15, 0.2) is 0 Å². The monoisotopic (exact) mass is 142 g/mol. The van der Waals surface area contributed by atoms with Gasteiger partial charge in [0.25, 0.3) is 0 Å². The molecule has 0 aromatic carbocycles. The predicted molar refractivity (Wildman–Crippen MR) is 46.6 cm³/mol. The molecule has 1 heteroatoms. The number of alkyl halides is 1. The highest BCUT2D eigenvalue weighted by molar-refractivity contribution is 4.86. The molecule has 10 heavy (non-hydrogen) atoms. The van der Waals surface area contributed by atoms with E-state index < -0.39 is 0 Å². The number of hydrogen-bond acceptors (Lipinski definition) is 0. The van der Waals surface area contributed by atoms with Crippen molar-refractivity contribution in [3.05, 3.63) is 24.8 Å². The van der Waals surface area contributed by atoms with Gasteiger partial charge in [-0.1, -0.05) is 12.7 Å². The lowest BCUT2D eigenvalue weighted by atomic mass is 10.4. The van der Waals surface area contributed by atoms with E-state index in [9.17, 15) is 4.39 Å². The van der Waals surface area contributed by atoms with Crippen LogP contribution in [0, 0.1) is 12.8 Å². The number of hydrogen-bond donors (Lipinski definition) is 0. The van der Waals surface area contributed by atoms with Crippen molar-refractivity contribution in [1.82, 2.24) is 0 Å². The summed E-state index contributed by atoms with van der Waals surface area (Å²) < 4.78 is 11.0. The van der Waals surface area contributed by atoms with Crippen LogP contribution in [-0.4, -0.2) is 6.67 Å². The zero-order chi connectivity index (χ0) is 8.99. The topological polar surface area (TPSA) is 0 Å². The molecule has 0 radical (unpaired) electrons. The third kappa shape index (κ3) is 264. The molecule has 58 valence electrons. The summed E-state index contributed by atoms with van der Waals surface area (Å²) >= 11 is 0. The van der Waals surface area contributed by atoms with Gasteiger partial charge < -0.3 is 0 Å². The molecule has 0 N–H and O–H groups in total. The van der Waals surface area contributed by atoms with Gasteiger partial charge in [-0.25, -0.2) is 4.39 Å². The van der Waals surface area contributed by atoms with Crippen molar-refractivity contribution in [2.75, 3.05) is 6.67 Å². The summed E-state index contributed by atoms with van der Waals surface area (Å²) in [6.07, 6.45) is 9.75. The summed E-state index contributed by atoms with van der Waals surface area (Å²) in [6.45, 7) is 9.81. The molecular formula is C9H15F. The lowest BCUT2D eigenvalue weighted by molar-refractivity contribution is 0.544. The maximum atomic E-state index is 11.0. The Hall–Kier alpha value is -1.03. The fourth-order valence-electron chi connectivity index (χ4n) is 0. The molecule has 0 aliphatic carbocycles. The van der Waals surface area contributed by atoms with E-state index in [2.05, 4.69) is 26.0 Å². The van der Waals surface area contributed by atoms with Crippen LogP contribution < -0.4 is 0 Å². The standard InChI is InChI=1S/C4H7F.C3H6.C2H2/c1-4(2)3-5;1-3-2;1-2/h1,3H2,2H3;3H,1H2,2H3;1-2H. The Morgan fingerprint density at radius 2 is 1.70 bits per heavy atom. The van der Waals surface area contributed by atoms with Crippen molar-refractivity contribution in [3.8, 4) is 12.8 Å². The van der Waals surface area contributed by atoms with Crippen molar-refractivity contribution in [1.29, 1.82) is 0 Å². The molecule has 0 aromatic heterocycles. The fourth-order valence-corrected chi connectivity index (χ4v) is 0.